The highest BCUT2D eigenvalue weighted by Gasteiger charge is 2.24. The van der Waals surface area contributed by atoms with E-state index in [9.17, 15) is 14.4 Å². The second kappa shape index (κ2) is 10.2. The molecule has 0 fully saturated rings. The molecule has 1 amide bonds. The molecule has 0 saturated carbocycles. The number of nitrogens with zero attached hydrogens (tertiary/aromatic N) is 3. The summed E-state index contributed by atoms with van der Waals surface area (Å²) < 4.78 is 6.37. The molecule has 0 aliphatic heterocycles. The quantitative estimate of drug-likeness (QED) is 0.398. The maximum absolute atomic E-state index is 13.1. The molecule has 32 heavy (non-hydrogen) atoms. The number of H-pyrrole nitrogens is 2. The van der Waals surface area contributed by atoms with Crippen LogP contribution in [0.2, 0.25) is 5.02 Å². The van der Waals surface area contributed by atoms with E-state index in [-0.39, 0.29) is 42.2 Å². The summed E-state index contributed by atoms with van der Waals surface area (Å²) in [7, 11) is 1.49. The van der Waals surface area contributed by atoms with E-state index in [0.29, 0.717) is 16.7 Å². The molecule has 2 aromatic heterocycles. The van der Waals surface area contributed by atoms with Gasteiger partial charge in [-0.05, 0) is 24.1 Å². The van der Waals surface area contributed by atoms with Crippen molar-refractivity contribution >= 4 is 51.8 Å². The van der Waals surface area contributed by atoms with Gasteiger partial charge in [0.05, 0.1) is 23.4 Å². The number of aromatic nitrogens is 4. The van der Waals surface area contributed by atoms with Crippen molar-refractivity contribution in [2.24, 2.45) is 5.92 Å². The molecule has 1 aromatic carbocycles. The second-order valence-corrected chi connectivity index (χ2v) is 8.93. The molecule has 3 aromatic rings. The molecule has 4 N–H and O–H groups in total. The van der Waals surface area contributed by atoms with Crippen molar-refractivity contribution in [1.82, 2.24) is 19.5 Å². The molecule has 2 heterocycles. The maximum atomic E-state index is 13.1. The number of ether oxygens (including phenoxy) is 1. The number of anilines is 2. The van der Waals surface area contributed by atoms with Crippen LogP contribution in [0.4, 0.5) is 11.5 Å². The van der Waals surface area contributed by atoms with Crippen LogP contribution in [0, 0.1) is 5.92 Å². The highest BCUT2D eigenvalue weighted by Crippen LogP contribution is 2.24. The smallest absolute Gasteiger partial charge is 0.330 e. The fourth-order valence-corrected chi connectivity index (χ4v) is 4.10. The minimum Gasteiger partial charge on any atom is -0.383 e. The summed E-state index contributed by atoms with van der Waals surface area (Å²) in [5.41, 5.74) is 6.27. The number of imidazole rings is 1. The number of hydrogen-bond donors (Lipinski definition) is 3. The van der Waals surface area contributed by atoms with Crippen LogP contribution in [0.5, 0.6) is 0 Å². The number of aromatic amines is 2. The van der Waals surface area contributed by atoms with Gasteiger partial charge in [-0.15, -0.1) is 0 Å². The summed E-state index contributed by atoms with van der Waals surface area (Å²) >= 11 is 7.19. The molecule has 0 bridgehead atoms. The average Bonchev–Trinajstić information content (AvgIpc) is 3.13. The Labute approximate surface area is 193 Å². The standard InChI is InChI=1S/C20H25ClN6O4S/c1-11(2)9-27-17(22)16(18(29)25-20(27)30)26(6-7-31-3)15(28)10-32-19-23-13-5-4-12(21)8-14(13)24-19/h4-5,8,11H,6-7,9-10,22H2,1-3H3,(H,23,24)(H,25,29,30). The molecule has 172 valence electrons. The Morgan fingerprint density at radius 3 is 2.78 bits per heavy atom. The minimum atomic E-state index is -0.722. The first-order valence-electron chi connectivity index (χ1n) is 9.91. The molecule has 10 nitrogen and oxygen atoms in total. The van der Waals surface area contributed by atoms with Crippen molar-refractivity contribution in [3.05, 3.63) is 44.1 Å². The van der Waals surface area contributed by atoms with Gasteiger partial charge in [-0.25, -0.2) is 9.78 Å². The topological polar surface area (TPSA) is 139 Å². The van der Waals surface area contributed by atoms with Crippen molar-refractivity contribution in [3.63, 3.8) is 0 Å². The summed E-state index contributed by atoms with van der Waals surface area (Å²) in [6.45, 7) is 4.42. The summed E-state index contributed by atoms with van der Waals surface area (Å²) in [6.07, 6.45) is 0. The summed E-state index contributed by atoms with van der Waals surface area (Å²) in [5.74, 6) is -0.341. The number of benzene rings is 1. The first-order chi connectivity index (χ1) is 15.2. The van der Waals surface area contributed by atoms with E-state index in [2.05, 4.69) is 15.0 Å². The largest absolute Gasteiger partial charge is 0.383 e. The van der Waals surface area contributed by atoms with Gasteiger partial charge < -0.3 is 20.4 Å². The lowest BCUT2D eigenvalue weighted by molar-refractivity contribution is -0.116. The van der Waals surface area contributed by atoms with Gasteiger partial charge in [0.15, 0.2) is 10.8 Å². The van der Waals surface area contributed by atoms with Gasteiger partial charge >= 0.3 is 5.69 Å². The van der Waals surface area contributed by atoms with Gasteiger partial charge in [-0.3, -0.25) is 19.1 Å². The lowest BCUT2D eigenvalue weighted by Crippen LogP contribution is -2.43. The molecule has 0 aliphatic rings. The van der Waals surface area contributed by atoms with Crippen LogP contribution in [0.1, 0.15) is 13.8 Å². The number of nitrogens with two attached hydrogens (primary N) is 1. The monoisotopic (exact) mass is 480 g/mol. The number of nitrogens with one attached hydrogen (secondary N) is 2. The predicted octanol–water partition coefficient (Wildman–Crippen LogP) is 2.08. The van der Waals surface area contributed by atoms with E-state index in [1.807, 2.05) is 13.8 Å². The number of carbonyl (C=O) groups is 1. The minimum absolute atomic E-state index is 0.0144. The Bertz CT molecular complexity index is 1240. The Morgan fingerprint density at radius 1 is 1.34 bits per heavy atom. The van der Waals surface area contributed by atoms with Gasteiger partial charge in [-0.2, -0.15) is 0 Å². The Morgan fingerprint density at radius 2 is 2.09 bits per heavy atom. The number of hydrogen-bond acceptors (Lipinski definition) is 7. The Kier molecular flexibility index (Phi) is 7.64. The number of rotatable bonds is 9. The Hall–Kier alpha value is -2.76. The first kappa shape index (κ1) is 23.9. The van der Waals surface area contributed by atoms with Gasteiger partial charge in [0.25, 0.3) is 5.56 Å². The zero-order valence-electron chi connectivity index (χ0n) is 18.0. The van der Waals surface area contributed by atoms with Crippen LogP contribution in [0.3, 0.4) is 0 Å². The number of halogens is 1. The summed E-state index contributed by atoms with van der Waals surface area (Å²) in [5, 5.41) is 1.11. The molecular formula is C20H25ClN6O4S. The number of fused-ring (bicyclic) bond motifs is 1. The van der Waals surface area contributed by atoms with Crippen LogP contribution in [-0.2, 0) is 16.1 Å². The first-order valence-corrected chi connectivity index (χ1v) is 11.3. The second-order valence-electron chi connectivity index (χ2n) is 7.53. The molecule has 0 aliphatic carbocycles. The fraction of sp³-hybridized carbons (Fsp3) is 0.400. The molecule has 0 unspecified atom stereocenters. The van der Waals surface area contributed by atoms with Crippen LogP contribution in [0.25, 0.3) is 11.0 Å². The third-order valence-electron chi connectivity index (χ3n) is 4.61. The highest BCUT2D eigenvalue weighted by molar-refractivity contribution is 7.99. The van der Waals surface area contributed by atoms with Crippen molar-refractivity contribution in [3.8, 4) is 0 Å². The molecular weight excluding hydrogens is 456 g/mol. The van der Waals surface area contributed by atoms with Crippen molar-refractivity contribution in [1.29, 1.82) is 0 Å². The zero-order chi connectivity index (χ0) is 23.4. The number of methoxy groups -OCH3 is 1. The van der Waals surface area contributed by atoms with E-state index < -0.39 is 11.2 Å². The molecule has 0 spiro atoms. The third-order valence-corrected chi connectivity index (χ3v) is 5.70. The van der Waals surface area contributed by atoms with E-state index in [1.54, 1.807) is 18.2 Å². The van der Waals surface area contributed by atoms with Crippen LogP contribution in [-0.4, -0.2) is 51.4 Å². The van der Waals surface area contributed by atoms with Gasteiger partial charge in [0, 0.05) is 25.2 Å². The molecule has 0 saturated heterocycles. The van der Waals surface area contributed by atoms with Gasteiger partial charge in [0.1, 0.15) is 5.82 Å². The number of nitrogen functional groups attached to an aromatic ring is 1. The number of carbonyl (C=O) groups excluding carboxylic acids is 1. The van der Waals surface area contributed by atoms with E-state index in [0.717, 1.165) is 11.0 Å². The molecule has 12 heteroatoms. The van der Waals surface area contributed by atoms with Crippen LogP contribution in [0.15, 0.2) is 32.9 Å². The van der Waals surface area contributed by atoms with E-state index in [1.165, 1.54) is 28.3 Å². The SMILES string of the molecule is COCCN(C(=O)CSc1nc2ccc(Cl)cc2[nH]1)c1c(N)n(CC(C)C)c(=O)[nH]c1=O. The lowest BCUT2D eigenvalue weighted by atomic mass is 10.2. The normalized spacial score (nSPS) is 11.4. The average molecular weight is 481 g/mol. The third kappa shape index (κ3) is 5.34. The molecule has 3 rings (SSSR count). The van der Waals surface area contributed by atoms with Gasteiger partial charge in [0.2, 0.25) is 5.91 Å². The summed E-state index contributed by atoms with van der Waals surface area (Å²) in [6, 6.07) is 5.26. The summed E-state index contributed by atoms with van der Waals surface area (Å²) in [4.78, 5) is 49.0. The van der Waals surface area contributed by atoms with Crippen molar-refractivity contribution < 1.29 is 9.53 Å². The fourth-order valence-electron chi connectivity index (χ4n) is 3.16. The lowest BCUT2D eigenvalue weighted by Gasteiger charge is -2.24. The number of amides is 1. The Balaban J connectivity index is 1.89. The van der Waals surface area contributed by atoms with Crippen molar-refractivity contribution in [2.45, 2.75) is 25.5 Å². The zero-order valence-corrected chi connectivity index (χ0v) is 19.5. The van der Waals surface area contributed by atoms with E-state index >= 15 is 0 Å². The van der Waals surface area contributed by atoms with Crippen LogP contribution < -0.4 is 21.9 Å². The molecule has 0 atom stereocenters. The molecule has 0 radical (unpaired) electrons. The maximum Gasteiger partial charge on any atom is 0.330 e. The van der Waals surface area contributed by atoms with Crippen molar-refractivity contribution in [2.75, 3.05) is 36.6 Å². The van der Waals surface area contributed by atoms with Crippen LogP contribution >= 0.6 is 23.4 Å². The number of thioether (sulfide) groups is 1. The van der Waals surface area contributed by atoms with E-state index in [4.69, 9.17) is 22.1 Å². The predicted molar refractivity (Wildman–Crippen MR) is 127 cm³/mol. The highest BCUT2D eigenvalue weighted by atomic mass is 35.5. The van der Waals surface area contributed by atoms with Gasteiger partial charge in [-0.1, -0.05) is 37.2 Å².